The maximum Gasteiger partial charge on any atom is 0.123 e. The van der Waals surface area contributed by atoms with Gasteiger partial charge in [-0.25, -0.2) is 13.2 Å². The van der Waals surface area contributed by atoms with Crippen LogP contribution in [-0.4, -0.2) is 24.3 Å². The summed E-state index contributed by atoms with van der Waals surface area (Å²) in [6, 6.07) is 6.41. The molecule has 2 unspecified atom stereocenters. The second-order valence-electron chi connectivity index (χ2n) is 10.2. The fraction of sp³-hybridized carbons (Fsp3) is 0.636. The number of benzene rings is 1. The van der Waals surface area contributed by atoms with Gasteiger partial charge in [-0.2, -0.15) is 0 Å². The highest BCUT2D eigenvalue weighted by molar-refractivity contribution is 8.13. The minimum absolute atomic E-state index is 0.134. The summed E-state index contributed by atoms with van der Waals surface area (Å²) in [5.41, 5.74) is 2.51. The summed E-state index contributed by atoms with van der Waals surface area (Å²) in [4.78, 5) is 12.3. The van der Waals surface area contributed by atoms with Crippen LogP contribution in [-0.2, 0) is 11.2 Å². The van der Waals surface area contributed by atoms with Crippen LogP contribution in [0.5, 0.6) is 0 Å². The minimum Gasteiger partial charge on any atom is -0.307 e. The number of thioether (sulfide) groups is 1. The van der Waals surface area contributed by atoms with Crippen molar-refractivity contribution in [2.24, 2.45) is 22.2 Å². The Balaban J connectivity index is 0. The molecule has 0 aliphatic heterocycles. The summed E-state index contributed by atoms with van der Waals surface area (Å²) in [5, 5.41) is 0.988. The summed E-state index contributed by atoms with van der Waals surface area (Å²) >= 11 is 1.60. The molecular formula is C33H54F3NOS. The Hall–Kier alpha value is -1.82. The first-order valence-corrected chi connectivity index (χ1v) is 15.5. The number of halogens is 3. The largest absolute Gasteiger partial charge is 0.307 e. The van der Waals surface area contributed by atoms with Crippen molar-refractivity contribution in [2.75, 3.05) is 6.26 Å². The Morgan fingerprint density at radius 2 is 1.54 bits per heavy atom. The first-order chi connectivity index (χ1) is 18.5. The molecule has 2 nitrogen and oxygen atoms in total. The van der Waals surface area contributed by atoms with Crippen LogP contribution in [0, 0.1) is 23.1 Å². The Bertz CT molecular complexity index is 826. The van der Waals surface area contributed by atoms with Crippen molar-refractivity contribution in [1.29, 1.82) is 0 Å². The fourth-order valence-corrected chi connectivity index (χ4v) is 4.98. The van der Waals surface area contributed by atoms with Crippen molar-refractivity contribution in [3.05, 3.63) is 59.8 Å². The molecule has 224 valence electrons. The predicted molar refractivity (Wildman–Crippen MR) is 167 cm³/mol. The first-order valence-electron chi connectivity index (χ1n) is 14.3. The van der Waals surface area contributed by atoms with E-state index in [1.165, 1.54) is 56.7 Å². The number of hydrogen-bond acceptors (Lipinski definition) is 3. The Kier molecular flexibility index (Phi) is 23.1. The van der Waals surface area contributed by atoms with Crippen LogP contribution >= 0.6 is 11.8 Å². The first kappa shape index (κ1) is 39.3. The second kappa shape index (κ2) is 22.9. The van der Waals surface area contributed by atoms with Crippen LogP contribution in [0.2, 0.25) is 0 Å². The van der Waals surface area contributed by atoms with Gasteiger partial charge in [-0.15, -0.1) is 11.8 Å². The van der Waals surface area contributed by atoms with Crippen molar-refractivity contribution in [3.8, 4) is 0 Å². The lowest BCUT2D eigenvalue weighted by Gasteiger charge is -2.31. The van der Waals surface area contributed by atoms with E-state index in [-0.39, 0.29) is 23.5 Å². The molecule has 0 spiro atoms. The number of hydrogen-bond donors (Lipinski definition) is 0. The van der Waals surface area contributed by atoms with Gasteiger partial charge in [0.25, 0.3) is 0 Å². The van der Waals surface area contributed by atoms with E-state index in [9.17, 15) is 13.2 Å². The fourth-order valence-electron chi connectivity index (χ4n) is 4.76. The van der Waals surface area contributed by atoms with Crippen LogP contribution in [0.4, 0.5) is 13.2 Å². The Morgan fingerprint density at radius 1 is 1.03 bits per heavy atom. The number of allylic oxidation sites excluding steroid dienone is 3. The zero-order chi connectivity index (χ0) is 30.4. The van der Waals surface area contributed by atoms with Gasteiger partial charge in [0, 0.05) is 24.0 Å². The zero-order valence-electron chi connectivity index (χ0n) is 25.8. The van der Waals surface area contributed by atoms with Gasteiger partial charge < -0.3 is 4.79 Å². The average molecular weight is 570 g/mol. The zero-order valence-corrected chi connectivity index (χ0v) is 26.6. The van der Waals surface area contributed by atoms with Crippen LogP contribution < -0.4 is 0 Å². The van der Waals surface area contributed by atoms with E-state index in [0.29, 0.717) is 24.7 Å². The third-order valence-corrected chi connectivity index (χ3v) is 8.03. The molecule has 1 aliphatic carbocycles. The normalized spacial score (nSPS) is 18.8. The summed E-state index contributed by atoms with van der Waals surface area (Å²) in [5.74, 6) is -0.752. The molecule has 0 fully saturated rings. The maximum atomic E-state index is 13.1. The van der Waals surface area contributed by atoms with Gasteiger partial charge >= 0.3 is 0 Å². The van der Waals surface area contributed by atoms with Crippen molar-refractivity contribution < 1.29 is 18.0 Å². The van der Waals surface area contributed by atoms with E-state index in [2.05, 4.69) is 39.3 Å². The van der Waals surface area contributed by atoms with E-state index in [4.69, 9.17) is 4.79 Å². The second-order valence-corrected chi connectivity index (χ2v) is 11.2. The molecule has 3 atom stereocenters. The van der Waals surface area contributed by atoms with Crippen LogP contribution in [0.1, 0.15) is 105 Å². The van der Waals surface area contributed by atoms with Crippen LogP contribution in [0.15, 0.2) is 53.4 Å². The monoisotopic (exact) mass is 569 g/mol. The molecular weight excluding hydrogens is 515 g/mol. The smallest absolute Gasteiger partial charge is 0.123 e. The number of carbonyl (C=O) groups is 1. The number of rotatable bonds is 10. The summed E-state index contributed by atoms with van der Waals surface area (Å²) < 4.78 is 38.6. The maximum absolute atomic E-state index is 13.1. The molecule has 2 rings (SSSR count). The number of carbonyl (C=O) groups excluding carboxylic acids is 1. The molecule has 0 radical (unpaired) electrons. The van der Waals surface area contributed by atoms with Crippen LogP contribution in [0.25, 0.3) is 0 Å². The molecule has 0 heterocycles. The third-order valence-electron chi connectivity index (χ3n) is 7.35. The number of nitrogens with zero attached hydrogens (tertiary/aromatic N) is 1. The van der Waals surface area contributed by atoms with Crippen molar-refractivity contribution in [1.82, 2.24) is 0 Å². The molecule has 0 bridgehead atoms. The molecule has 1 aromatic rings. The van der Waals surface area contributed by atoms with E-state index >= 15 is 0 Å². The van der Waals surface area contributed by atoms with Crippen LogP contribution in [0.3, 0.4) is 0 Å². The molecule has 1 aromatic carbocycles. The topological polar surface area (TPSA) is 29.4 Å². The van der Waals surface area contributed by atoms with Gasteiger partial charge in [0.15, 0.2) is 0 Å². The van der Waals surface area contributed by atoms with E-state index < -0.39 is 6.17 Å². The van der Waals surface area contributed by atoms with Gasteiger partial charge in [0.1, 0.15) is 18.8 Å². The standard InChI is InChI=1S/C12H14FNS.C11H24.C9H14F2.CH2O/c1-9(14-10(2)15-3)8-11-4-6-12(13)7-5-11;1-5-9-11(7-3,8-4)10-6-2;1-3-7-5-8(10)6(2)4-9(7)11;1-2/h4-7H,1,8H2,2-3H3;5-10H2,1-4H3;5-7,9H,3-4H2,1-2H3;1H2/t;;6?,7-,9?;/m..1./s1. The lowest BCUT2D eigenvalue weighted by Crippen LogP contribution is -2.22. The highest BCUT2D eigenvalue weighted by Gasteiger charge is 2.27. The van der Waals surface area contributed by atoms with Crippen molar-refractivity contribution in [3.63, 3.8) is 0 Å². The lowest BCUT2D eigenvalue weighted by atomic mass is 9.75. The highest BCUT2D eigenvalue weighted by Crippen LogP contribution is 2.36. The third kappa shape index (κ3) is 16.8. The Morgan fingerprint density at radius 3 is 1.95 bits per heavy atom. The number of alkyl halides is 1. The lowest BCUT2D eigenvalue weighted by molar-refractivity contribution is -0.0980. The van der Waals surface area contributed by atoms with Crippen molar-refractivity contribution in [2.45, 2.75) is 112 Å². The van der Waals surface area contributed by atoms with E-state index in [0.717, 1.165) is 16.3 Å². The predicted octanol–water partition coefficient (Wildman–Crippen LogP) is 11.1. The summed E-state index contributed by atoms with van der Waals surface area (Å²) in [6.07, 6.45) is 12.6. The van der Waals surface area contributed by atoms with Gasteiger partial charge in [-0.05, 0) is 68.0 Å². The molecule has 39 heavy (non-hydrogen) atoms. The number of aliphatic imine (C=N–C) groups is 1. The summed E-state index contributed by atoms with van der Waals surface area (Å²) in [6.45, 7) is 20.7. The molecule has 6 heteroatoms. The Labute approximate surface area is 242 Å². The van der Waals surface area contributed by atoms with E-state index in [1.54, 1.807) is 30.8 Å². The van der Waals surface area contributed by atoms with Gasteiger partial charge in [-0.1, -0.05) is 85.9 Å². The van der Waals surface area contributed by atoms with E-state index in [1.807, 2.05) is 26.9 Å². The van der Waals surface area contributed by atoms with Gasteiger partial charge in [0.05, 0.1) is 10.9 Å². The quantitative estimate of drug-likeness (QED) is 0.207. The van der Waals surface area contributed by atoms with Gasteiger partial charge in [0.2, 0.25) is 0 Å². The molecule has 0 N–H and O–H groups in total. The molecule has 0 saturated heterocycles. The summed E-state index contributed by atoms with van der Waals surface area (Å²) in [7, 11) is 0. The van der Waals surface area contributed by atoms with Gasteiger partial charge in [-0.3, -0.25) is 4.99 Å². The molecule has 0 saturated carbocycles. The SMILES string of the molecule is C=C(Cc1ccc(F)cc1)N=C(C)SC.C=O.CCCC(CC)(CC)CCC.CC[C@@H]1C=C(F)C(C)CC1F. The molecule has 0 aromatic heterocycles. The minimum atomic E-state index is -0.838. The molecule has 1 aliphatic rings. The average Bonchev–Trinajstić information content (AvgIpc) is 2.93. The van der Waals surface area contributed by atoms with Crippen molar-refractivity contribution >= 4 is 23.6 Å². The highest BCUT2D eigenvalue weighted by atomic mass is 32.2. The molecule has 0 amide bonds.